The second-order valence-electron chi connectivity index (χ2n) is 6.56. The van der Waals surface area contributed by atoms with Gasteiger partial charge >= 0.3 is 0 Å². The number of hydrogen-bond donors (Lipinski definition) is 0. The Morgan fingerprint density at radius 2 is 1.68 bits per heavy atom. The van der Waals surface area contributed by atoms with Gasteiger partial charge in [-0.15, -0.1) is 0 Å². The van der Waals surface area contributed by atoms with Gasteiger partial charge in [0, 0.05) is 7.11 Å². The maximum absolute atomic E-state index is 6.11. The van der Waals surface area contributed by atoms with Gasteiger partial charge in [0.05, 0.1) is 18.8 Å². The molecule has 2 rings (SSSR count). The van der Waals surface area contributed by atoms with Gasteiger partial charge in [0.1, 0.15) is 0 Å². The van der Waals surface area contributed by atoms with Gasteiger partial charge in [-0.1, -0.05) is 26.2 Å². The lowest BCUT2D eigenvalue weighted by molar-refractivity contribution is -0.0486. The predicted octanol–water partition coefficient (Wildman–Crippen LogP) is 4.57. The monoisotopic (exact) mass is 268 g/mol. The molecule has 1 aliphatic heterocycles. The summed E-state index contributed by atoms with van der Waals surface area (Å²) < 4.78 is 11.6. The van der Waals surface area contributed by atoms with Crippen molar-refractivity contribution in [2.24, 2.45) is 11.8 Å². The second-order valence-corrected chi connectivity index (χ2v) is 6.56. The van der Waals surface area contributed by atoms with E-state index in [4.69, 9.17) is 9.47 Å². The highest BCUT2D eigenvalue weighted by atomic mass is 16.5. The molecule has 0 spiro atoms. The zero-order valence-electron chi connectivity index (χ0n) is 12.9. The van der Waals surface area contributed by atoms with Crippen molar-refractivity contribution in [3.8, 4) is 0 Å². The Hall–Kier alpha value is -0.0800. The van der Waals surface area contributed by atoms with Crippen molar-refractivity contribution >= 4 is 0 Å². The van der Waals surface area contributed by atoms with Gasteiger partial charge in [0.25, 0.3) is 0 Å². The first-order chi connectivity index (χ1) is 9.33. The van der Waals surface area contributed by atoms with E-state index in [0.29, 0.717) is 12.2 Å². The topological polar surface area (TPSA) is 18.5 Å². The normalized spacial score (nSPS) is 36.3. The van der Waals surface area contributed by atoms with Gasteiger partial charge in [0.2, 0.25) is 0 Å². The van der Waals surface area contributed by atoms with Crippen LogP contribution in [0.15, 0.2) is 0 Å². The fourth-order valence-electron chi connectivity index (χ4n) is 3.84. The number of ether oxygens (including phenoxy) is 2. The van der Waals surface area contributed by atoms with Crippen molar-refractivity contribution < 1.29 is 9.47 Å². The smallest absolute Gasteiger partial charge is 0.0575 e. The summed E-state index contributed by atoms with van der Waals surface area (Å²) >= 11 is 0. The van der Waals surface area contributed by atoms with Crippen molar-refractivity contribution in [3.63, 3.8) is 0 Å². The maximum Gasteiger partial charge on any atom is 0.0575 e. The molecule has 0 aromatic heterocycles. The summed E-state index contributed by atoms with van der Waals surface area (Å²) in [4.78, 5) is 0. The van der Waals surface area contributed by atoms with Crippen molar-refractivity contribution in [2.45, 2.75) is 83.3 Å². The molecule has 2 atom stereocenters. The SMILES string of the molecule is CCCCCC1CCC(C2CCC(OC)CC2)CO1. The van der Waals surface area contributed by atoms with E-state index < -0.39 is 0 Å². The van der Waals surface area contributed by atoms with Crippen molar-refractivity contribution in [1.29, 1.82) is 0 Å². The van der Waals surface area contributed by atoms with E-state index in [1.54, 1.807) is 0 Å². The molecule has 0 aromatic rings. The van der Waals surface area contributed by atoms with Gasteiger partial charge < -0.3 is 9.47 Å². The third kappa shape index (κ3) is 4.75. The lowest BCUT2D eigenvalue weighted by Crippen LogP contribution is -2.33. The Bertz CT molecular complexity index is 225. The fourth-order valence-corrected chi connectivity index (χ4v) is 3.84. The number of methoxy groups -OCH3 is 1. The summed E-state index contributed by atoms with van der Waals surface area (Å²) in [5.41, 5.74) is 0. The van der Waals surface area contributed by atoms with Crippen LogP contribution in [0.4, 0.5) is 0 Å². The molecule has 0 amide bonds. The lowest BCUT2D eigenvalue weighted by atomic mass is 9.76. The molecule has 2 nitrogen and oxygen atoms in total. The largest absolute Gasteiger partial charge is 0.381 e. The molecular weight excluding hydrogens is 236 g/mol. The summed E-state index contributed by atoms with van der Waals surface area (Å²) in [6.07, 6.45) is 14.4. The number of rotatable bonds is 6. The predicted molar refractivity (Wildman–Crippen MR) is 79.4 cm³/mol. The summed E-state index contributed by atoms with van der Waals surface area (Å²) in [6.45, 7) is 3.30. The minimum Gasteiger partial charge on any atom is -0.381 e. The Labute approximate surface area is 119 Å². The summed E-state index contributed by atoms with van der Waals surface area (Å²) in [6, 6.07) is 0. The average Bonchev–Trinajstić information content (AvgIpc) is 2.48. The van der Waals surface area contributed by atoms with E-state index >= 15 is 0 Å². The second kappa shape index (κ2) is 8.26. The summed E-state index contributed by atoms with van der Waals surface area (Å²) in [5.74, 6) is 1.74. The van der Waals surface area contributed by atoms with Crippen LogP contribution in [0.25, 0.3) is 0 Å². The first-order valence-corrected chi connectivity index (χ1v) is 8.47. The Balaban J connectivity index is 1.63. The van der Waals surface area contributed by atoms with Gasteiger partial charge in [-0.25, -0.2) is 0 Å². The minimum absolute atomic E-state index is 0.530. The van der Waals surface area contributed by atoms with Crippen LogP contribution < -0.4 is 0 Å². The quantitative estimate of drug-likeness (QED) is 0.657. The van der Waals surface area contributed by atoms with E-state index in [2.05, 4.69) is 6.92 Å². The third-order valence-electron chi connectivity index (χ3n) is 5.25. The first kappa shape index (κ1) is 15.3. The molecule has 2 fully saturated rings. The van der Waals surface area contributed by atoms with E-state index in [0.717, 1.165) is 18.4 Å². The molecule has 1 heterocycles. The van der Waals surface area contributed by atoms with Crippen molar-refractivity contribution in [3.05, 3.63) is 0 Å². The van der Waals surface area contributed by atoms with Crippen LogP contribution in [-0.4, -0.2) is 25.9 Å². The van der Waals surface area contributed by atoms with E-state index in [1.807, 2.05) is 7.11 Å². The molecule has 2 heteroatoms. The molecule has 0 N–H and O–H groups in total. The molecule has 0 aromatic carbocycles. The molecular formula is C17H32O2. The average molecular weight is 268 g/mol. The standard InChI is InChI=1S/C17H32O2/c1-3-4-5-6-17-12-9-15(13-19-17)14-7-10-16(18-2)11-8-14/h14-17H,3-13H2,1-2H3. The van der Waals surface area contributed by atoms with E-state index in [1.165, 1.54) is 64.2 Å². The van der Waals surface area contributed by atoms with Crippen LogP contribution in [0, 0.1) is 11.8 Å². The molecule has 112 valence electrons. The molecule has 0 bridgehead atoms. The van der Waals surface area contributed by atoms with Crippen LogP contribution in [0.1, 0.15) is 71.1 Å². The summed E-state index contributed by atoms with van der Waals surface area (Å²) in [7, 11) is 1.86. The highest BCUT2D eigenvalue weighted by Gasteiger charge is 2.31. The van der Waals surface area contributed by atoms with Gasteiger partial charge in [-0.05, 0) is 56.8 Å². The highest BCUT2D eigenvalue weighted by Crippen LogP contribution is 2.36. The van der Waals surface area contributed by atoms with Gasteiger partial charge in [-0.3, -0.25) is 0 Å². The lowest BCUT2D eigenvalue weighted by Gasteiger charge is -2.37. The van der Waals surface area contributed by atoms with Crippen LogP contribution in [-0.2, 0) is 9.47 Å². The van der Waals surface area contributed by atoms with Gasteiger partial charge in [0.15, 0.2) is 0 Å². The Kier molecular flexibility index (Phi) is 6.66. The van der Waals surface area contributed by atoms with Crippen LogP contribution >= 0.6 is 0 Å². The summed E-state index contributed by atoms with van der Waals surface area (Å²) in [5, 5.41) is 0. The molecule has 1 aliphatic carbocycles. The molecule has 19 heavy (non-hydrogen) atoms. The Morgan fingerprint density at radius 3 is 2.26 bits per heavy atom. The van der Waals surface area contributed by atoms with Crippen LogP contribution in [0.2, 0.25) is 0 Å². The molecule has 1 saturated carbocycles. The number of hydrogen-bond acceptors (Lipinski definition) is 2. The van der Waals surface area contributed by atoms with Gasteiger partial charge in [-0.2, -0.15) is 0 Å². The highest BCUT2D eigenvalue weighted by molar-refractivity contribution is 4.81. The first-order valence-electron chi connectivity index (χ1n) is 8.47. The zero-order valence-corrected chi connectivity index (χ0v) is 12.9. The van der Waals surface area contributed by atoms with Crippen LogP contribution in [0.5, 0.6) is 0 Å². The Morgan fingerprint density at radius 1 is 0.947 bits per heavy atom. The zero-order chi connectivity index (χ0) is 13.5. The number of unbranched alkanes of at least 4 members (excludes halogenated alkanes) is 2. The molecule has 2 aliphatic rings. The van der Waals surface area contributed by atoms with E-state index in [9.17, 15) is 0 Å². The fraction of sp³-hybridized carbons (Fsp3) is 1.00. The van der Waals surface area contributed by atoms with E-state index in [-0.39, 0.29) is 0 Å². The van der Waals surface area contributed by atoms with Crippen molar-refractivity contribution in [2.75, 3.05) is 13.7 Å². The molecule has 1 saturated heterocycles. The third-order valence-corrected chi connectivity index (χ3v) is 5.25. The molecule has 0 radical (unpaired) electrons. The van der Waals surface area contributed by atoms with Crippen molar-refractivity contribution in [1.82, 2.24) is 0 Å². The minimum atomic E-state index is 0.530. The molecule has 2 unspecified atom stereocenters. The van der Waals surface area contributed by atoms with Crippen LogP contribution in [0.3, 0.4) is 0 Å². The maximum atomic E-state index is 6.11.